The Kier molecular flexibility index (Phi) is 4.84. The molecule has 0 amide bonds. The van der Waals surface area contributed by atoms with Crippen LogP contribution in [0.4, 0.5) is 0 Å². The van der Waals surface area contributed by atoms with Crippen molar-refractivity contribution in [3.8, 4) is 0 Å². The molecule has 1 aromatic carbocycles. The van der Waals surface area contributed by atoms with Crippen LogP contribution >= 0.6 is 27.7 Å². The molecule has 0 aliphatic carbocycles. The van der Waals surface area contributed by atoms with Crippen LogP contribution in [0, 0.1) is 0 Å². The maximum atomic E-state index is 5.49. The predicted octanol–water partition coefficient (Wildman–Crippen LogP) is 3.28. The molecule has 0 saturated carbocycles. The lowest BCUT2D eigenvalue weighted by Gasteiger charge is -2.09. The van der Waals surface area contributed by atoms with Gasteiger partial charge in [0, 0.05) is 14.6 Å². The number of hydrogen-bond acceptors (Lipinski definition) is 2. The second kappa shape index (κ2) is 5.68. The van der Waals surface area contributed by atoms with Crippen LogP contribution in [0.1, 0.15) is 13.3 Å². The van der Waals surface area contributed by atoms with E-state index in [0.717, 1.165) is 17.4 Å². The highest BCUT2D eigenvalue weighted by Gasteiger charge is 2.02. The molecule has 0 aromatic heterocycles. The summed E-state index contributed by atoms with van der Waals surface area (Å²) in [6, 6.07) is 8.39. The maximum absolute atomic E-state index is 5.49. The van der Waals surface area contributed by atoms with Gasteiger partial charge in [-0.2, -0.15) is 0 Å². The van der Waals surface area contributed by atoms with Crippen LogP contribution in [0.3, 0.4) is 0 Å². The molecular weight excluding hydrogens is 246 g/mol. The van der Waals surface area contributed by atoms with Crippen LogP contribution in [-0.4, -0.2) is 11.8 Å². The Morgan fingerprint density at radius 3 is 2.54 bits per heavy atom. The molecule has 3 heteroatoms. The summed E-state index contributed by atoms with van der Waals surface area (Å²) >= 11 is 5.29. The minimum absolute atomic E-state index is 0.603. The number of rotatable bonds is 4. The molecule has 0 bridgehead atoms. The van der Waals surface area contributed by atoms with Gasteiger partial charge in [-0.3, -0.25) is 0 Å². The SMILES string of the molecule is CC(CCN)Sc1ccc(Br)cc1. The molecule has 1 aromatic rings. The van der Waals surface area contributed by atoms with E-state index >= 15 is 0 Å². The Balaban J connectivity index is 2.49. The second-order valence-electron chi connectivity index (χ2n) is 2.96. The summed E-state index contributed by atoms with van der Waals surface area (Å²) in [5.41, 5.74) is 5.49. The molecule has 72 valence electrons. The van der Waals surface area contributed by atoms with Crippen molar-refractivity contribution in [3.05, 3.63) is 28.7 Å². The van der Waals surface area contributed by atoms with Crippen molar-refractivity contribution < 1.29 is 0 Å². The van der Waals surface area contributed by atoms with Crippen molar-refractivity contribution in [1.29, 1.82) is 0 Å². The van der Waals surface area contributed by atoms with Gasteiger partial charge in [0.1, 0.15) is 0 Å². The smallest absolute Gasteiger partial charge is 0.0176 e. The van der Waals surface area contributed by atoms with Crippen LogP contribution in [0.2, 0.25) is 0 Å². The number of nitrogens with two attached hydrogens (primary N) is 1. The van der Waals surface area contributed by atoms with Crippen LogP contribution in [0.15, 0.2) is 33.6 Å². The van der Waals surface area contributed by atoms with E-state index in [0.29, 0.717) is 5.25 Å². The van der Waals surface area contributed by atoms with Crippen molar-refractivity contribution in [3.63, 3.8) is 0 Å². The fourth-order valence-electron chi connectivity index (χ4n) is 1.04. The molecular formula is C10H14BrNS. The van der Waals surface area contributed by atoms with E-state index in [9.17, 15) is 0 Å². The first-order valence-corrected chi connectivity index (χ1v) is 6.02. The van der Waals surface area contributed by atoms with Gasteiger partial charge in [0.05, 0.1) is 0 Å². The van der Waals surface area contributed by atoms with Crippen LogP contribution < -0.4 is 5.73 Å². The summed E-state index contributed by atoms with van der Waals surface area (Å²) in [6.07, 6.45) is 1.07. The Morgan fingerprint density at radius 2 is 2.00 bits per heavy atom. The van der Waals surface area contributed by atoms with Gasteiger partial charge in [0.15, 0.2) is 0 Å². The lowest BCUT2D eigenvalue weighted by molar-refractivity contribution is 0.823. The summed E-state index contributed by atoms with van der Waals surface area (Å²) in [7, 11) is 0. The maximum Gasteiger partial charge on any atom is 0.0176 e. The molecule has 0 radical (unpaired) electrons. The Hall–Kier alpha value is 0.01000. The zero-order chi connectivity index (χ0) is 9.68. The summed E-state index contributed by atoms with van der Waals surface area (Å²) in [4.78, 5) is 1.31. The monoisotopic (exact) mass is 259 g/mol. The highest BCUT2D eigenvalue weighted by Crippen LogP contribution is 2.25. The number of thioether (sulfide) groups is 1. The van der Waals surface area contributed by atoms with E-state index in [4.69, 9.17) is 5.73 Å². The standard InChI is InChI=1S/C10H14BrNS/c1-8(6-7-12)13-10-4-2-9(11)3-5-10/h2-5,8H,6-7,12H2,1H3. The highest BCUT2D eigenvalue weighted by molar-refractivity contribution is 9.10. The van der Waals surface area contributed by atoms with Crippen molar-refractivity contribution in [1.82, 2.24) is 0 Å². The van der Waals surface area contributed by atoms with Gasteiger partial charge in [-0.25, -0.2) is 0 Å². The van der Waals surface area contributed by atoms with E-state index < -0.39 is 0 Å². The van der Waals surface area contributed by atoms with Crippen molar-refractivity contribution in [2.24, 2.45) is 5.73 Å². The van der Waals surface area contributed by atoms with Crippen LogP contribution in [-0.2, 0) is 0 Å². The third kappa shape index (κ3) is 4.16. The van der Waals surface area contributed by atoms with Gasteiger partial charge < -0.3 is 5.73 Å². The van der Waals surface area contributed by atoms with Crippen molar-refractivity contribution in [2.75, 3.05) is 6.54 Å². The molecule has 0 heterocycles. The number of hydrogen-bond donors (Lipinski definition) is 1. The van der Waals surface area contributed by atoms with E-state index in [2.05, 4.69) is 47.1 Å². The van der Waals surface area contributed by atoms with Gasteiger partial charge in [-0.05, 0) is 37.2 Å². The molecule has 0 aliphatic rings. The minimum Gasteiger partial charge on any atom is -0.330 e. The van der Waals surface area contributed by atoms with E-state index in [-0.39, 0.29) is 0 Å². The Bertz CT molecular complexity index is 248. The van der Waals surface area contributed by atoms with E-state index in [1.165, 1.54) is 4.90 Å². The fourth-order valence-corrected chi connectivity index (χ4v) is 2.32. The number of halogens is 1. The predicted molar refractivity (Wildman–Crippen MR) is 63.1 cm³/mol. The topological polar surface area (TPSA) is 26.0 Å². The molecule has 0 aliphatic heterocycles. The summed E-state index contributed by atoms with van der Waals surface area (Å²) in [5, 5.41) is 0.603. The van der Waals surface area contributed by atoms with Gasteiger partial charge in [0.2, 0.25) is 0 Å². The van der Waals surface area contributed by atoms with Crippen molar-refractivity contribution in [2.45, 2.75) is 23.5 Å². The lowest BCUT2D eigenvalue weighted by atomic mass is 10.3. The van der Waals surface area contributed by atoms with Crippen LogP contribution in [0.5, 0.6) is 0 Å². The first-order valence-electron chi connectivity index (χ1n) is 4.34. The molecule has 13 heavy (non-hydrogen) atoms. The Morgan fingerprint density at radius 1 is 1.38 bits per heavy atom. The van der Waals surface area contributed by atoms with E-state index in [1.807, 2.05) is 11.8 Å². The molecule has 0 fully saturated rings. The quantitative estimate of drug-likeness (QED) is 0.841. The summed E-state index contributed by atoms with van der Waals surface area (Å²) < 4.78 is 1.13. The molecule has 0 spiro atoms. The third-order valence-corrected chi connectivity index (χ3v) is 3.44. The van der Waals surface area contributed by atoms with E-state index in [1.54, 1.807) is 0 Å². The Labute approximate surface area is 92.2 Å². The average Bonchev–Trinajstić information content (AvgIpc) is 2.09. The van der Waals surface area contributed by atoms with Gasteiger partial charge in [-0.15, -0.1) is 11.8 Å². The molecule has 1 rings (SSSR count). The molecule has 2 N–H and O–H groups in total. The van der Waals surface area contributed by atoms with Crippen LogP contribution in [0.25, 0.3) is 0 Å². The normalized spacial score (nSPS) is 12.8. The molecule has 1 atom stereocenters. The first kappa shape index (κ1) is 11.1. The first-order chi connectivity index (χ1) is 6.22. The highest BCUT2D eigenvalue weighted by atomic mass is 79.9. The summed E-state index contributed by atoms with van der Waals surface area (Å²) in [5.74, 6) is 0. The average molecular weight is 260 g/mol. The fraction of sp³-hybridized carbons (Fsp3) is 0.400. The molecule has 0 saturated heterocycles. The zero-order valence-electron chi connectivity index (χ0n) is 7.66. The van der Waals surface area contributed by atoms with Gasteiger partial charge >= 0.3 is 0 Å². The second-order valence-corrected chi connectivity index (χ2v) is 5.39. The zero-order valence-corrected chi connectivity index (χ0v) is 10.1. The lowest BCUT2D eigenvalue weighted by Crippen LogP contribution is -2.06. The largest absolute Gasteiger partial charge is 0.330 e. The van der Waals surface area contributed by atoms with Crippen molar-refractivity contribution >= 4 is 27.7 Å². The number of benzene rings is 1. The third-order valence-electron chi connectivity index (χ3n) is 1.72. The minimum atomic E-state index is 0.603. The molecule has 1 unspecified atom stereocenters. The summed E-state index contributed by atoms with van der Waals surface area (Å²) in [6.45, 7) is 2.98. The molecule has 1 nitrogen and oxygen atoms in total. The van der Waals surface area contributed by atoms with Gasteiger partial charge in [0.25, 0.3) is 0 Å². The van der Waals surface area contributed by atoms with Gasteiger partial charge in [-0.1, -0.05) is 22.9 Å².